The van der Waals surface area contributed by atoms with Crippen LogP contribution in [0.25, 0.3) is 0 Å². The molecule has 1 aliphatic heterocycles. The fourth-order valence-electron chi connectivity index (χ4n) is 2.29. The third kappa shape index (κ3) is 4.96. The highest BCUT2D eigenvalue weighted by molar-refractivity contribution is 7.12. The Balaban J connectivity index is 0.00000220. The molecule has 1 amide bonds. The summed E-state index contributed by atoms with van der Waals surface area (Å²) in [5.74, 6) is -0.571. The van der Waals surface area contributed by atoms with E-state index in [4.69, 9.17) is 5.73 Å². The van der Waals surface area contributed by atoms with Crippen molar-refractivity contribution in [3.63, 3.8) is 0 Å². The van der Waals surface area contributed by atoms with Gasteiger partial charge in [-0.25, -0.2) is 4.79 Å². The third-order valence-electron chi connectivity index (χ3n) is 3.22. The summed E-state index contributed by atoms with van der Waals surface area (Å²) >= 11 is 1.25. The van der Waals surface area contributed by atoms with Gasteiger partial charge in [-0.15, -0.1) is 23.7 Å². The van der Waals surface area contributed by atoms with Crippen molar-refractivity contribution in [2.45, 2.75) is 18.9 Å². The first kappa shape index (κ1) is 17.9. The van der Waals surface area contributed by atoms with Crippen molar-refractivity contribution < 1.29 is 14.3 Å². The Morgan fingerprint density at radius 1 is 1.57 bits per heavy atom. The molecular formula is C13H20ClN3O3S. The van der Waals surface area contributed by atoms with E-state index in [1.165, 1.54) is 18.4 Å². The zero-order valence-corrected chi connectivity index (χ0v) is 13.5. The van der Waals surface area contributed by atoms with Gasteiger partial charge < -0.3 is 15.8 Å². The summed E-state index contributed by atoms with van der Waals surface area (Å²) in [6.45, 7) is 1.92. The standard InChI is InChI=1S/C13H19N3O3S.ClH/c1-19-13(18)12-10(4-6-20-12)15-11(17)8-16-5-2-3-9(14)7-16;/h4,6,9H,2-3,5,7-8,14H2,1H3,(H,15,17);1H/t9-;/m1./s1. The van der Waals surface area contributed by atoms with E-state index in [1.807, 2.05) is 4.90 Å². The van der Waals surface area contributed by atoms with Crippen molar-refractivity contribution in [2.75, 3.05) is 32.1 Å². The van der Waals surface area contributed by atoms with E-state index in [0.717, 1.165) is 25.9 Å². The molecule has 0 spiro atoms. The monoisotopic (exact) mass is 333 g/mol. The molecule has 0 aliphatic carbocycles. The van der Waals surface area contributed by atoms with Crippen molar-refractivity contribution in [2.24, 2.45) is 5.73 Å². The number of carbonyl (C=O) groups excluding carboxylic acids is 2. The van der Waals surface area contributed by atoms with E-state index >= 15 is 0 Å². The number of nitrogens with two attached hydrogens (primary N) is 1. The summed E-state index contributed by atoms with van der Waals surface area (Å²) < 4.78 is 4.67. The van der Waals surface area contributed by atoms with Crippen LogP contribution in [0.3, 0.4) is 0 Å². The Labute approximate surface area is 134 Å². The molecule has 1 saturated heterocycles. The fraction of sp³-hybridized carbons (Fsp3) is 0.538. The number of likely N-dealkylation sites (tertiary alicyclic amines) is 1. The van der Waals surface area contributed by atoms with Crippen LogP contribution in [0.2, 0.25) is 0 Å². The number of hydrogen-bond donors (Lipinski definition) is 2. The van der Waals surface area contributed by atoms with Crippen LogP contribution in [0.15, 0.2) is 11.4 Å². The van der Waals surface area contributed by atoms with E-state index < -0.39 is 5.97 Å². The number of esters is 1. The molecule has 1 atom stereocenters. The topological polar surface area (TPSA) is 84.7 Å². The molecule has 0 aromatic carbocycles. The van der Waals surface area contributed by atoms with Gasteiger partial charge in [0.05, 0.1) is 19.3 Å². The van der Waals surface area contributed by atoms with Crippen molar-refractivity contribution in [3.05, 3.63) is 16.3 Å². The first-order valence-corrected chi connectivity index (χ1v) is 7.41. The van der Waals surface area contributed by atoms with E-state index in [2.05, 4.69) is 10.1 Å². The number of amides is 1. The minimum atomic E-state index is -0.435. The lowest BCUT2D eigenvalue weighted by atomic mass is 10.1. The van der Waals surface area contributed by atoms with Gasteiger partial charge in [0.15, 0.2) is 0 Å². The number of anilines is 1. The van der Waals surface area contributed by atoms with Crippen LogP contribution in [-0.2, 0) is 9.53 Å². The number of hydrogen-bond acceptors (Lipinski definition) is 6. The van der Waals surface area contributed by atoms with Gasteiger partial charge in [-0.05, 0) is 30.8 Å². The lowest BCUT2D eigenvalue weighted by Gasteiger charge is -2.29. The molecule has 2 rings (SSSR count). The molecule has 118 valence electrons. The van der Waals surface area contributed by atoms with E-state index in [0.29, 0.717) is 17.1 Å². The molecule has 1 aromatic rings. The summed E-state index contributed by atoms with van der Waals surface area (Å²) in [7, 11) is 1.32. The number of nitrogens with zero attached hydrogens (tertiary/aromatic N) is 1. The van der Waals surface area contributed by atoms with Gasteiger partial charge in [-0.3, -0.25) is 9.69 Å². The normalized spacial score (nSPS) is 18.7. The molecule has 1 aromatic heterocycles. The van der Waals surface area contributed by atoms with Gasteiger partial charge in [-0.2, -0.15) is 0 Å². The molecule has 8 heteroatoms. The maximum absolute atomic E-state index is 12.0. The molecule has 0 unspecified atom stereocenters. The minimum absolute atomic E-state index is 0. The predicted molar refractivity (Wildman–Crippen MR) is 85.2 cm³/mol. The molecule has 0 radical (unpaired) electrons. The molecule has 21 heavy (non-hydrogen) atoms. The number of piperidine rings is 1. The Kier molecular flexibility index (Phi) is 7.10. The van der Waals surface area contributed by atoms with Gasteiger partial charge in [0.25, 0.3) is 0 Å². The number of carbonyl (C=O) groups is 2. The summed E-state index contributed by atoms with van der Waals surface area (Å²) in [6.07, 6.45) is 2.02. The molecule has 2 heterocycles. The Bertz CT molecular complexity index is 495. The van der Waals surface area contributed by atoms with Gasteiger partial charge in [0.2, 0.25) is 5.91 Å². The van der Waals surface area contributed by atoms with Crippen LogP contribution in [0.4, 0.5) is 5.69 Å². The zero-order valence-electron chi connectivity index (χ0n) is 11.8. The van der Waals surface area contributed by atoms with Crippen molar-refractivity contribution in [3.8, 4) is 0 Å². The van der Waals surface area contributed by atoms with Crippen LogP contribution >= 0.6 is 23.7 Å². The molecule has 3 N–H and O–H groups in total. The third-order valence-corrected chi connectivity index (χ3v) is 4.11. The summed E-state index contributed by atoms with van der Waals surface area (Å²) in [6, 6.07) is 1.85. The maximum Gasteiger partial charge on any atom is 0.350 e. The lowest BCUT2D eigenvalue weighted by molar-refractivity contribution is -0.117. The largest absolute Gasteiger partial charge is 0.465 e. The summed E-state index contributed by atoms with van der Waals surface area (Å²) in [5, 5.41) is 4.50. The quantitative estimate of drug-likeness (QED) is 0.812. The average molecular weight is 334 g/mol. The molecule has 0 bridgehead atoms. The highest BCUT2D eigenvalue weighted by Gasteiger charge is 2.20. The van der Waals surface area contributed by atoms with E-state index in [9.17, 15) is 9.59 Å². The van der Waals surface area contributed by atoms with Crippen molar-refractivity contribution in [1.29, 1.82) is 0 Å². The minimum Gasteiger partial charge on any atom is -0.465 e. The zero-order chi connectivity index (χ0) is 14.5. The van der Waals surface area contributed by atoms with Gasteiger partial charge in [0.1, 0.15) is 4.88 Å². The molecule has 1 aliphatic rings. The highest BCUT2D eigenvalue weighted by atomic mass is 35.5. The van der Waals surface area contributed by atoms with Crippen molar-refractivity contribution in [1.82, 2.24) is 4.90 Å². The van der Waals surface area contributed by atoms with E-state index in [-0.39, 0.29) is 24.4 Å². The van der Waals surface area contributed by atoms with Crippen LogP contribution in [0.1, 0.15) is 22.5 Å². The number of methoxy groups -OCH3 is 1. The first-order valence-electron chi connectivity index (χ1n) is 6.53. The second-order valence-electron chi connectivity index (χ2n) is 4.84. The Morgan fingerprint density at radius 3 is 3.00 bits per heavy atom. The maximum atomic E-state index is 12.0. The first-order chi connectivity index (χ1) is 9.60. The number of ether oxygens (including phenoxy) is 1. The number of nitrogens with one attached hydrogen (secondary N) is 1. The Hall–Kier alpha value is -1.15. The smallest absolute Gasteiger partial charge is 0.350 e. The van der Waals surface area contributed by atoms with Crippen LogP contribution in [0, 0.1) is 0 Å². The lowest BCUT2D eigenvalue weighted by Crippen LogP contribution is -2.45. The van der Waals surface area contributed by atoms with Crippen molar-refractivity contribution >= 4 is 41.3 Å². The summed E-state index contributed by atoms with van der Waals surface area (Å²) in [5.41, 5.74) is 6.39. The number of rotatable bonds is 4. The Morgan fingerprint density at radius 2 is 2.33 bits per heavy atom. The van der Waals surface area contributed by atoms with E-state index in [1.54, 1.807) is 11.4 Å². The molecule has 0 saturated carbocycles. The molecule has 1 fully saturated rings. The average Bonchev–Trinajstić information content (AvgIpc) is 2.85. The number of halogens is 1. The number of thiophene rings is 1. The molecule has 6 nitrogen and oxygen atoms in total. The SMILES string of the molecule is COC(=O)c1sccc1NC(=O)CN1CCC[C@@H](N)C1.Cl. The fourth-order valence-corrected chi connectivity index (χ4v) is 3.05. The van der Waals surface area contributed by atoms with Crippen LogP contribution in [-0.4, -0.2) is 49.6 Å². The summed E-state index contributed by atoms with van der Waals surface area (Å²) in [4.78, 5) is 26.0. The van der Waals surface area contributed by atoms with Gasteiger partial charge in [0, 0.05) is 12.6 Å². The van der Waals surface area contributed by atoms with Crippen LogP contribution < -0.4 is 11.1 Å². The van der Waals surface area contributed by atoms with Gasteiger partial charge in [-0.1, -0.05) is 0 Å². The van der Waals surface area contributed by atoms with Crippen LogP contribution in [0.5, 0.6) is 0 Å². The highest BCUT2D eigenvalue weighted by Crippen LogP contribution is 2.23. The second kappa shape index (κ2) is 8.33. The second-order valence-corrected chi connectivity index (χ2v) is 5.76. The molecular weight excluding hydrogens is 314 g/mol. The van der Waals surface area contributed by atoms with Gasteiger partial charge >= 0.3 is 5.97 Å². The predicted octanol–water partition coefficient (Wildman–Crippen LogP) is 1.32.